The molecule has 1 rings (SSSR count). The highest BCUT2D eigenvalue weighted by Crippen LogP contribution is 2.21. The number of hydrogen-bond acceptors (Lipinski definition) is 5. The first-order chi connectivity index (χ1) is 8.81. The summed E-state index contributed by atoms with van der Waals surface area (Å²) in [6, 6.07) is 0. The number of rotatable bonds is 8. The van der Waals surface area contributed by atoms with Crippen molar-refractivity contribution in [3.8, 4) is 0 Å². The summed E-state index contributed by atoms with van der Waals surface area (Å²) in [6.45, 7) is 8.20. The van der Waals surface area contributed by atoms with Crippen LogP contribution in [-0.2, 0) is 28.6 Å². The molecule has 0 atom stereocenters. The van der Waals surface area contributed by atoms with E-state index in [2.05, 4.69) is 31.1 Å². The SMILES string of the molecule is CCCc1nc(CS(C)(=O)=O)sc1CNCC(C)C. The van der Waals surface area contributed by atoms with E-state index in [1.54, 1.807) is 0 Å². The van der Waals surface area contributed by atoms with Gasteiger partial charge in [-0.15, -0.1) is 11.3 Å². The Kier molecular flexibility index (Phi) is 6.42. The van der Waals surface area contributed by atoms with Crippen LogP contribution in [0.2, 0.25) is 0 Å². The molecule has 0 unspecified atom stereocenters. The molecule has 4 nitrogen and oxygen atoms in total. The van der Waals surface area contributed by atoms with E-state index in [4.69, 9.17) is 0 Å². The summed E-state index contributed by atoms with van der Waals surface area (Å²) in [5.41, 5.74) is 1.06. The average molecular weight is 304 g/mol. The summed E-state index contributed by atoms with van der Waals surface area (Å²) in [7, 11) is -3.00. The minimum atomic E-state index is -3.00. The summed E-state index contributed by atoms with van der Waals surface area (Å²) in [4.78, 5) is 5.66. The van der Waals surface area contributed by atoms with Crippen LogP contribution in [0.3, 0.4) is 0 Å². The van der Waals surface area contributed by atoms with Crippen molar-refractivity contribution >= 4 is 21.2 Å². The molecule has 1 aromatic heterocycles. The molecular weight excluding hydrogens is 280 g/mol. The molecule has 1 heterocycles. The van der Waals surface area contributed by atoms with Gasteiger partial charge in [0.15, 0.2) is 9.84 Å². The monoisotopic (exact) mass is 304 g/mol. The van der Waals surface area contributed by atoms with Crippen LogP contribution >= 0.6 is 11.3 Å². The molecule has 0 radical (unpaired) electrons. The molecule has 0 amide bonds. The molecule has 0 fully saturated rings. The standard InChI is InChI=1S/C13H24N2O2S2/c1-5-6-11-12(8-14-7-10(2)3)18-13(15-11)9-19(4,16)17/h10,14H,5-9H2,1-4H3. The second-order valence-corrected chi connectivity index (χ2v) is 8.63. The van der Waals surface area contributed by atoms with Crippen molar-refractivity contribution in [3.63, 3.8) is 0 Å². The van der Waals surface area contributed by atoms with Gasteiger partial charge in [0.2, 0.25) is 0 Å². The first kappa shape index (κ1) is 16.6. The maximum atomic E-state index is 11.3. The molecule has 0 aromatic carbocycles. The number of nitrogens with zero attached hydrogens (tertiary/aromatic N) is 1. The zero-order valence-corrected chi connectivity index (χ0v) is 13.8. The number of sulfone groups is 1. The van der Waals surface area contributed by atoms with Gasteiger partial charge in [-0.05, 0) is 18.9 Å². The minimum absolute atomic E-state index is 0.0541. The Hall–Kier alpha value is -0.460. The van der Waals surface area contributed by atoms with E-state index >= 15 is 0 Å². The highest BCUT2D eigenvalue weighted by Gasteiger charge is 2.14. The maximum Gasteiger partial charge on any atom is 0.153 e. The summed E-state index contributed by atoms with van der Waals surface area (Å²) < 4.78 is 22.7. The molecule has 0 bridgehead atoms. The summed E-state index contributed by atoms with van der Waals surface area (Å²) >= 11 is 1.53. The molecule has 0 spiro atoms. The fourth-order valence-corrected chi connectivity index (χ4v) is 4.04. The molecule has 0 saturated carbocycles. The van der Waals surface area contributed by atoms with Gasteiger partial charge in [0, 0.05) is 17.7 Å². The Morgan fingerprint density at radius 2 is 2.05 bits per heavy atom. The van der Waals surface area contributed by atoms with Gasteiger partial charge in [0.1, 0.15) is 10.8 Å². The first-order valence-electron chi connectivity index (χ1n) is 6.67. The lowest BCUT2D eigenvalue weighted by atomic mass is 10.2. The van der Waals surface area contributed by atoms with Crippen molar-refractivity contribution < 1.29 is 8.42 Å². The molecule has 0 saturated heterocycles. The second-order valence-electron chi connectivity index (χ2n) is 5.32. The van der Waals surface area contributed by atoms with E-state index in [0.717, 1.165) is 31.6 Å². The fourth-order valence-electron chi connectivity index (χ4n) is 1.77. The van der Waals surface area contributed by atoms with Crippen LogP contribution in [0.4, 0.5) is 0 Å². The largest absolute Gasteiger partial charge is 0.312 e. The van der Waals surface area contributed by atoms with Crippen molar-refractivity contribution in [3.05, 3.63) is 15.6 Å². The molecule has 110 valence electrons. The predicted molar refractivity (Wildman–Crippen MR) is 81.2 cm³/mol. The van der Waals surface area contributed by atoms with Crippen LogP contribution in [0.25, 0.3) is 0 Å². The van der Waals surface area contributed by atoms with Gasteiger partial charge in [-0.3, -0.25) is 0 Å². The van der Waals surface area contributed by atoms with Gasteiger partial charge in [0.25, 0.3) is 0 Å². The van der Waals surface area contributed by atoms with E-state index in [1.165, 1.54) is 22.5 Å². The Labute approximate surface area is 120 Å². The van der Waals surface area contributed by atoms with Crippen molar-refractivity contribution in [1.29, 1.82) is 0 Å². The van der Waals surface area contributed by atoms with Crippen LogP contribution in [0.15, 0.2) is 0 Å². The summed E-state index contributed by atoms with van der Waals surface area (Å²) in [5, 5.41) is 4.11. The van der Waals surface area contributed by atoms with Crippen molar-refractivity contribution in [1.82, 2.24) is 10.3 Å². The number of thiazole rings is 1. The van der Waals surface area contributed by atoms with E-state index in [0.29, 0.717) is 10.9 Å². The number of hydrogen-bond donors (Lipinski definition) is 1. The highest BCUT2D eigenvalue weighted by molar-refractivity contribution is 7.90. The average Bonchev–Trinajstić information content (AvgIpc) is 2.58. The third kappa shape index (κ3) is 6.49. The van der Waals surface area contributed by atoms with E-state index in [9.17, 15) is 8.42 Å². The Bertz CT molecular complexity index is 493. The molecule has 19 heavy (non-hydrogen) atoms. The van der Waals surface area contributed by atoms with Crippen LogP contribution in [0.1, 0.15) is 42.8 Å². The Morgan fingerprint density at radius 1 is 1.37 bits per heavy atom. The van der Waals surface area contributed by atoms with Crippen LogP contribution in [0.5, 0.6) is 0 Å². The smallest absolute Gasteiger partial charge is 0.153 e. The molecule has 0 aliphatic carbocycles. The Balaban J connectivity index is 2.76. The molecule has 0 aliphatic rings. The normalized spacial score (nSPS) is 12.3. The van der Waals surface area contributed by atoms with Crippen LogP contribution in [-0.4, -0.2) is 26.2 Å². The third-order valence-electron chi connectivity index (χ3n) is 2.53. The molecule has 1 aromatic rings. The van der Waals surface area contributed by atoms with Crippen LogP contribution in [0, 0.1) is 5.92 Å². The zero-order chi connectivity index (χ0) is 14.5. The molecule has 0 aliphatic heterocycles. The van der Waals surface area contributed by atoms with Crippen molar-refractivity contribution in [2.45, 2.75) is 45.9 Å². The number of aryl methyl sites for hydroxylation is 1. The van der Waals surface area contributed by atoms with E-state index in [1.807, 2.05) is 0 Å². The van der Waals surface area contributed by atoms with Crippen LogP contribution < -0.4 is 5.32 Å². The van der Waals surface area contributed by atoms with Crippen molar-refractivity contribution in [2.75, 3.05) is 12.8 Å². The predicted octanol–water partition coefficient (Wildman–Crippen LogP) is 2.39. The quantitative estimate of drug-likeness (QED) is 0.801. The lowest BCUT2D eigenvalue weighted by molar-refractivity contribution is 0.553. The van der Waals surface area contributed by atoms with Gasteiger partial charge in [-0.2, -0.15) is 0 Å². The fraction of sp³-hybridized carbons (Fsp3) is 0.769. The summed E-state index contributed by atoms with van der Waals surface area (Å²) in [6.07, 6.45) is 3.20. The minimum Gasteiger partial charge on any atom is -0.312 e. The van der Waals surface area contributed by atoms with Gasteiger partial charge in [0.05, 0.1) is 5.69 Å². The molecule has 6 heteroatoms. The first-order valence-corrected chi connectivity index (χ1v) is 9.55. The topological polar surface area (TPSA) is 59.1 Å². The number of nitrogens with one attached hydrogen (secondary N) is 1. The van der Waals surface area contributed by atoms with Crippen molar-refractivity contribution in [2.24, 2.45) is 5.92 Å². The van der Waals surface area contributed by atoms with E-state index in [-0.39, 0.29) is 5.75 Å². The second kappa shape index (κ2) is 7.36. The number of aromatic nitrogens is 1. The van der Waals surface area contributed by atoms with Gasteiger partial charge < -0.3 is 5.32 Å². The maximum absolute atomic E-state index is 11.3. The Morgan fingerprint density at radius 3 is 2.58 bits per heavy atom. The van der Waals surface area contributed by atoms with Gasteiger partial charge in [-0.1, -0.05) is 27.2 Å². The lowest BCUT2D eigenvalue weighted by Crippen LogP contribution is -2.19. The van der Waals surface area contributed by atoms with Gasteiger partial charge >= 0.3 is 0 Å². The third-order valence-corrected chi connectivity index (χ3v) is 4.61. The lowest BCUT2D eigenvalue weighted by Gasteiger charge is -2.06. The summed E-state index contributed by atoms with van der Waals surface area (Å²) in [5.74, 6) is 0.663. The molecule has 1 N–H and O–H groups in total. The molecular formula is C13H24N2O2S2. The zero-order valence-electron chi connectivity index (χ0n) is 12.2. The highest BCUT2D eigenvalue weighted by atomic mass is 32.2. The van der Waals surface area contributed by atoms with E-state index < -0.39 is 9.84 Å². The van der Waals surface area contributed by atoms with Gasteiger partial charge in [-0.25, -0.2) is 13.4 Å².